The van der Waals surface area contributed by atoms with Crippen LogP contribution in [0.1, 0.15) is 5.69 Å². The lowest BCUT2D eigenvalue weighted by Crippen LogP contribution is -2.27. The number of rotatable bonds is 7. The Morgan fingerprint density at radius 3 is 2.46 bits per heavy atom. The molecule has 0 radical (unpaired) electrons. The summed E-state index contributed by atoms with van der Waals surface area (Å²) in [4.78, 5) is 17.0. The summed E-state index contributed by atoms with van der Waals surface area (Å²) in [6, 6.07) is 11.2. The van der Waals surface area contributed by atoms with E-state index in [0.29, 0.717) is 11.4 Å². The highest BCUT2D eigenvalue weighted by atomic mass is 32.2. The second kappa shape index (κ2) is 7.89. The Hall–Kier alpha value is -2.45. The fourth-order valence-electron chi connectivity index (χ4n) is 1.74. The molecule has 8 heteroatoms. The van der Waals surface area contributed by atoms with Crippen molar-refractivity contribution in [3.05, 3.63) is 54.4 Å². The minimum atomic E-state index is -3.64. The van der Waals surface area contributed by atoms with E-state index in [1.165, 1.54) is 29.2 Å². The van der Waals surface area contributed by atoms with E-state index in [1.54, 1.807) is 38.5 Å². The summed E-state index contributed by atoms with van der Waals surface area (Å²) < 4.78 is 32.3. The molecule has 0 aliphatic carbocycles. The van der Waals surface area contributed by atoms with Crippen LogP contribution in [0.5, 0.6) is 5.75 Å². The first-order chi connectivity index (χ1) is 11.4. The third-order valence-electron chi connectivity index (χ3n) is 3.16. The number of carbonyl (C=O) groups is 1. The number of pyridine rings is 1. The number of hydrogen-bond donors (Lipinski definition) is 1. The van der Waals surface area contributed by atoms with Gasteiger partial charge in [-0.25, -0.2) is 13.1 Å². The Morgan fingerprint density at radius 2 is 1.88 bits per heavy atom. The molecule has 1 N–H and O–H groups in total. The number of nitrogens with one attached hydrogen (secondary N) is 1. The molecule has 0 spiro atoms. The van der Waals surface area contributed by atoms with Gasteiger partial charge in [-0.05, 0) is 36.4 Å². The van der Waals surface area contributed by atoms with Gasteiger partial charge in [0.25, 0.3) is 5.91 Å². The molecule has 0 saturated heterocycles. The molecule has 0 atom stereocenters. The Bertz CT molecular complexity index is 775. The lowest BCUT2D eigenvalue weighted by molar-refractivity contribution is -0.130. The third kappa shape index (κ3) is 5.04. The van der Waals surface area contributed by atoms with Gasteiger partial charge < -0.3 is 9.64 Å². The lowest BCUT2D eigenvalue weighted by atomic mass is 10.3. The normalized spacial score (nSPS) is 11.1. The Kier molecular flexibility index (Phi) is 5.88. The molecule has 1 aromatic heterocycles. The van der Waals surface area contributed by atoms with Gasteiger partial charge >= 0.3 is 0 Å². The number of amides is 1. The highest BCUT2D eigenvalue weighted by Crippen LogP contribution is 2.16. The molecular weight excluding hydrogens is 330 g/mol. The number of likely N-dealkylation sites (N-methyl/N-ethyl adjacent to an activating group) is 1. The van der Waals surface area contributed by atoms with Crippen LogP contribution in [0, 0.1) is 0 Å². The summed E-state index contributed by atoms with van der Waals surface area (Å²) in [5.41, 5.74) is 0.628. The largest absolute Gasteiger partial charge is 0.484 e. The van der Waals surface area contributed by atoms with Gasteiger partial charge in [-0.3, -0.25) is 9.78 Å². The maximum atomic E-state index is 12.2. The number of hydrogen-bond acceptors (Lipinski definition) is 5. The maximum Gasteiger partial charge on any atom is 0.259 e. The molecule has 0 aliphatic heterocycles. The Labute approximate surface area is 141 Å². The van der Waals surface area contributed by atoms with Crippen LogP contribution in [0.25, 0.3) is 0 Å². The number of ether oxygens (including phenoxy) is 1. The van der Waals surface area contributed by atoms with Crippen LogP contribution in [0.2, 0.25) is 0 Å². The summed E-state index contributed by atoms with van der Waals surface area (Å²) in [7, 11) is -0.374. The molecule has 128 valence electrons. The molecule has 1 heterocycles. The summed E-state index contributed by atoms with van der Waals surface area (Å²) in [5, 5.41) is 0. The van der Waals surface area contributed by atoms with Crippen LogP contribution in [0.15, 0.2) is 53.6 Å². The van der Waals surface area contributed by atoms with Crippen LogP contribution in [-0.2, 0) is 21.4 Å². The smallest absolute Gasteiger partial charge is 0.259 e. The van der Waals surface area contributed by atoms with Gasteiger partial charge in [0, 0.05) is 20.3 Å². The van der Waals surface area contributed by atoms with E-state index in [9.17, 15) is 13.2 Å². The molecule has 0 bridgehead atoms. The SMILES string of the molecule is CN(C)C(=O)COc1ccc(S(=O)(=O)NCc2ccccn2)cc1. The zero-order chi connectivity index (χ0) is 17.6. The molecule has 1 aromatic carbocycles. The second-order valence-corrected chi connectivity index (χ2v) is 6.96. The van der Waals surface area contributed by atoms with Gasteiger partial charge in [0.05, 0.1) is 17.1 Å². The predicted molar refractivity (Wildman–Crippen MR) is 88.9 cm³/mol. The van der Waals surface area contributed by atoms with Crippen molar-refractivity contribution in [2.75, 3.05) is 20.7 Å². The van der Waals surface area contributed by atoms with E-state index in [1.807, 2.05) is 0 Å². The zero-order valence-electron chi connectivity index (χ0n) is 13.5. The van der Waals surface area contributed by atoms with E-state index in [-0.39, 0.29) is 24.0 Å². The van der Waals surface area contributed by atoms with Crippen LogP contribution >= 0.6 is 0 Å². The topological polar surface area (TPSA) is 88.6 Å². The van der Waals surface area contributed by atoms with Crippen molar-refractivity contribution in [1.29, 1.82) is 0 Å². The monoisotopic (exact) mass is 349 g/mol. The van der Waals surface area contributed by atoms with Gasteiger partial charge in [-0.15, -0.1) is 0 Å². The van der Waals surface area contributed by atoms with Crippen LogP contribution in [-0.4, -0.2) is 44.9 Å². The van der Waals surface area contributed by atoms with Crippen molar-refractivity contribution in [3.8, 4) is 5.75 Å². The molecule has 2 rings (SSSR count). The van der Waals surface area contributed by atoms with E-state index < -0.39 is 10.0 Å². The summed E-state index contributed by atoms with van der Waals surface area (Å²) in [6.07, 6.45) is 1.60. The van der Waals surface area contributed by atoms with Gasteiger partial charge in [0.15, 0.2) is 6.61 Å². The average molecular weight is 349 g/mol. The molecule has 24 heavy (non-hydrogen) atoms. The fraction of sp³-hybridized carbons (Fsp3) is 0.250. The highest BCUT2D eigenvalue weighted by molar-refractivity contribution is 7.89. The summed E-state index contributed by atoms with van der Waals surface area (Å²) in [5.74, 6) is 0.248. The van der Waals surface area contributed by atoms with Crippen molar-refractivity contribution < 1.29 is 17.9 Å². The first-order valence-corrected chi connectivity index (χ1v) is 8.69. The van der Waals surface area contributed by atoms with Crippen molar-refractivity contribution in [1.82, 2.24) is 14.6 Å². The van der Waals surface area contributed by atoms with E-state index in [2.05, 4.69) is 9.71 Å². The molecule has 1 amide bonds. The van der Waals surface area contributed by atoms with Crippen molar-refractivity contribution >= 4 is 15.9 Å². The maximum absolute atomic E-state index is 12.2. The van der Waals surface area contributed by atoms with Crippen LogP contribution < -0.4 is 9.46 Å². The minimum absolute atomic E-state index is 0.100. The van der Waals surface area contributed by atoms with E-state index in [0.717, 1.165) is 0 Å². The number of aromatic nitrogens is 1. The van der Waals surface area contributed by atoms with Gasteiger partial charge in [-0.1, -0.05) is 6.07 Å². The van der Waals surface area contributed by atoms with Gasteiger partial charge in [0.2, 0.25) is 10.0 Å². The number of sulfonamides is 1. The summed E-state index contributed by atoms with van der Waals surface area (Å²) >= 11 is 0. The average Bonchev–Trinajstić information content (AvgIpc) is 2.59. The van der Waals surface area contributed by atoms with Crippen molar-refractivity contribution in [2.24, 2.45) is 0 Å². The molecule has 7 nitrogen and oxygen atoms in total. The predicted octanol–water partition coefficient (Wildman–Crippen LogP) is 1.03. The number of benzene rings is 1. The van der Waals surface area contributed by atoms with Gasteiger partial charge in [0.1, 0.15) is 5.75 Å². The van der Waals surface area contributed by atoms with E-state index >= 15 is 0 Å². The number of nitrogens with zero attached hydrogens (tertiary/aromatic N) is 2. The van der Waals surface area contributed by atoms with Crippen molar-refractivity contribution in [2.45, 2.75) is 11.4 Å². The zero-order valence-corrected chi connectivity index (χ0v) is 14.3. The van der Waals surface area contributed by atoms with Gasteiger partial charge in [-0.2, -0.15) is 0 Å². The first-order valence-electron chi connectivity index (χ1n) is 7.21. The molecule has 0 fully saturated rings. The molecule has 0 unspecified atom stereocenters. The molecule has 0 saturated carbocycles. The van der Waals surface area contributed by atoms with Crippen LogP contribution in [0.4, 0.5) is 0 Å². The standard InChI is InChI=1S/C16H19N3O4S/c1-19(2)16(20)12-23-14-6-8-15(9-7-14)24(21,22)18-11-13-5-3-4-10-17-13/h3-10,18H,11-12H2,1-2H3. The third-order valence-corrected chi connectivity index (χ3v) is 4.58. The molecule has 0 aliphatic rings. The minimum Gasteiger partial charge on any atom is -0.484 e. The van der Waals surface area contributed by atoms with Crippen molar-refractivity contribution in [3.63, 3.8) is 0 Å². The first kappa shape index (κ1) is 17.9. The number of carbonyl (C=O) groups excluding carboxylic acids is 1. The van der Waals surface area contributed by atoms with E-state index in [4.69, 9.17) is 4.74 Å². The quantitative estimate of drug-likeness (QED) is 0.806. The highest BCUT2D eigenvalue weighted by Gasteiger charge is 2.14. The Morgan fingerprint density at radius 1 is 1.17 bits per heavy atom. The summed E-state index contributed by atoms with van der Waals surface area (Å²) in [6.45, 7) is 0.00971. The molecule has 2 aromatic rings. The molecular formula is C16H19N3O4S. The van der Waals surface area contributed by atoms with Crippen LogP contribution in [0.3, 0.4) is 0 Å². The Balaban J connectivity index is 1.97. The second-order valence-electron chi connectivity index (χ2n) is 5.19. The fourth-order valence-corrected chi connectivity index (χ4v) is 2.74. The lowest BCUT2D eigenvalue weighted by Gasteiger charge is -2.11.